The lowest BCUT2D eigenvalue weighted by Gasteiger charge is -1.91. The van der Waals surface area contributed by atoms with Gasteiger partial charge in [-0.05, 0) is 12.1 Å². The molecule has 0 bridgehead atoms. The fourth-order valence-corrected chi connectivity index (χ4v) is 2.92. The van der Waals surface area contributed by atoms with Gasteiger partial charge in [-0.1, -0.05) is 23.5 Å². The van der Waals surface area contributed by atoms with Gasteiger partial charge in [0.25, 0.3) is 0 Å². The zero-order valence-corrected chi connectivity index (χ0v) is 8.98. The standard InChI is InChI=1S/C11H6N4S/c1-2-4-8-7(3-1)15-10-9(12-5-6-13-10)14-11(15)16-8/h1-6H. The van der Waals surface area contributed by atoms with Crippen molar-refractivity contribution >= 4 is 37.8 Å². The largest absolute Gasteiger partial charge is 0.266 e. The first-order chi connectivity index (χ1) is 7.93. The molecule has 5 heteroatoms. The van der Waals surface area contributed by atoms with Gasteiger partial charge in [0.2, 0.25) is 0 Å². The highest BCUT2D eigenvalue weighted by atomic mass is 32.1. The van der Waals surface area contributed by atoms with E-state index in [0.29, 0.717) is 5.65 Å². The number of thiazole rings is 1. The number of hydrogen-bond acceptors (Lipinski definition) is 4. The summed E-state index contributed by atoms with van der Waals surface area (Å²) in [5.74, 6) is 0. The molecule has 0 amide bonds. The second kappa shape index (κ2) is 2.76. The maximum absolute atomic E-state index is 4.46. The third kappa shape index (κ3) is 0.906. The first-order valence-corrected chi connectivity index (χ1v) is 5.72. The smallest absolute Gasteiger partial charge is 0.199 e. The summed E-state index contributed by atoms with van der Waals surface area (Å²) >= 11 is 1.66. The average Bonchev–Trinajstić information content (AvgIpc) is 2.83. The Balaban J connectivity index is 2.38. The maximum Gasteiger partial charge on any atom is 0.199 e. The molecule has 0 atom stereocenters. The second-order valence-electron chi connectivity index (χ2n) is 3.50. The van der Waals surface area contributed by atoms with Gasteiger partial charge in [0.05, 0.1) is 10.2 Å². The summed E-state index contributed by atoms with van der Waals surface area (Å²) in [5, 5.41) is 0. The van der Waals surface area contributed by atoms with Crippen molar-refractivity contribution in [1.29, 1.82) is 0 Å². The fourth-order valence-electron chi connectivity index (χ4n) is 1.90. The van der Waals surface area contributed by atoms with Gasteiger partial charge in [0, 0.05) is 12.4 Å². The molecule has 0 unspecified atom stereocenters. The molecular weight excluding hydrogens is 220 g/mol. The third-order valence-electron chi connectivity index (χ3n) is 2.57. The Hall–Kier alpha value is -2.01. The van der Waals surface area contributed by atoms with E-state index in [1.807, 2.05) is 12.1 Å². The molecule has 4 aromatic rings. The van der Waals surface area contributed by atoms with Crippen LogP contribution >= 0.6 is 11.3 Å². The Morgan fingerprint density at radius 1 is 1.06 bits per heavy atom. The van der Waals surface area contributed by atoms with Crippen molar-refractivity contribution < 1.29 is 0 Å². The molecule has 4 nitrogen and oxygen atoms in total. The molecule has 0 aliphatic rings. The van der Waals surface area contributed by atoms with E-state index in [-0.39, 0.29) is 0 Å². The molecule has 0 N–H and O–H groups in total. The average molecular weight is 226 g/mol. The SMILES string of the molecule is c1ccc2c(c1)sc1nc3nccnc3n12. The summed E-state index contributed by atoms with van der Waals surface area (Å²) in [7, 11) is 0. The molecule has 0 aliphatic carbocycles. The zero-order chi connectivity index (χ0) is 10.5. The van der Waals surface area contributed by atoms with Gasteiger partial charge in [-0.3, -0.25) is 4.40 Å². The van der Waals surface area contributed by atoms with Crippen molar-refractivity contribution in [3.05, 3.63) is 36.7 Å². The van der Waals surface area contributed by atoms with Crippen LogP contribution < -0.4 is 0 Å². The fraction of sp³-hybridized carbons (Fsp3) is 0. The lowest BCUT2D eigenvalue weighted by molar-refractivity contribution is 1.22. The van der Waals surface area contributed by atoms with E-state index in [2.05, 4.69) is 31.5 Å². The highest BCUT2D eigenvalue weighted by Gasteiger charge is 2.11. The van der Waals surface area contributed by atoms with Crippen molar-refractivity contribution in [2.45, 2.75) is 0 Å². The molecule has 1 aromatic carbocycles. The van der Waals surface area contributed by atoms with E-state index in [4.69, 9.17) is 0 Å². The Kier molecular flexibility index (Phi) is 1.41. The second-order valence-corrected chi connectivity index (χ2v) is 4.51. The molecule has 76 valence electrons. The van der Waals surface area contributed by atoms with Crippen molar-refractivity contribution in [2.75, 3.05) is 0 Å². The number of aromatic nitrogens is 4. The Morgan fingerprint density at radius 3 is 2.94 bits per heavy atom. The van der Waals surface area contributed by atoms with Crippen LogP contribution in [0.1, 0.15) is 0 Å². The minimum absolute atomic E-state index is 0.708. The Morgan fingerprint density at radius 2 is 1.94 bits per heavy atom. The molecule has 0 radical (unpaired) electrons. The highest BCUT2D eigenvalue weighted by molar-refractivity contribution is 7.23. The Labute approximate surface area is 94.2 Å². The van der Waals surface area contributed by atoms with E-state index in [1.54, 1.807) is 23.7 Å². The van der Waals surface area contributed by atoms with Crippen molar-refractivity contribution in [2.24, 2.45) is 0 Å². The third-order valence-corrected chi connectivity index (χ3v) is 3.59. The van der Waals surface area contributed by atoms with Crippen LogP contribution in [0.2, 0.25) is 0 Å². The van der Waals surface area contributed by atoms with Gasteiger partial charge in [-0.25, -0.2) is 9.97 Å². The van der Waals surface area contributed by atoms with E-state index in [0.717, 1.165) is 16.1 Å². The van der Waals surface area contributed by atoms with E-state index < -0.39 is 0 Å². The summed E-state index contributed by atoms with van der Waals surface area (Å²) in [6, 6.07) is 8.23. The molecule has 16 heavy (non-hydrogen) atoms. The first-order valence-electron chi connectivity index (χ1n) is 4.90. The van der Waals surface area contributed by atoms with Crippen LogP contribution in [0.25, 0.3) is 26.5 Å². The normalized spacial score (nSPS) is 11.8. The van der Waals surface area contributed by atoms with E-state index in [9.17, 15) is 0 Å². The van der Waals surface area contributed by atoms with E-state index in [1.165, 1.54) is 4.70 Å². The van der Waals surface area contributed by atoms with Crippen molar-refractivity contribution in [1.82, 2.24) is 19.4 Å². The van der Waals surface area contributed by atoms with E-state index >= 15 is 0 Å². The topological polar surface area (TPSA) is 43.1 Å². The highest BCUT2D eigenvalue weighted by Crippen LogP contribution is 2.28. The van der Waals surface area contributed by atoms with Crippen LogP contribution in [-0.2, 0) is 0 Å². The molecule has 3 aromatic heterocycles. The predicted octanol–water partition coefficient (Wildman–Crippen LogP) is 2.49. The zero-order valence-electron chi connectivity index (χ0n) is 8.16. The summed E-state index contributed by atoms with van der Waals surface area (Å²) < 4.78 is 3.28. The molecule has 0 spiro atoms. The van der Waals surface area contributed by atoms with Gasteiger partial charge >= 0.3 is 0 Å². The molecule has 0 fully saturated rings. The molecule has 3 heterocycles. The summed E-state index contributed by atoms with van der Waals surface area (Å²) in [6.07, 6.45) is 3.37. The van der Waals surface area contributed by atoms with Crippen LogP contribution in [0.15, 0.2) is 36.7 Å². The predicted molar refractivity (Wildman–Crippen MR) is 63.7 cm³/mol. The number of fused-ring (bicyclic) bond motifs is 5. The number of imidazole rings is 1. The minimum Gasteiger partial charge on any atom is -0.266 e. The number of hydrogen-bond donors (Lipinski definition) is 0. The van der Waals surface area contributed by atoms with Crippen molar-refractivity contribution in [3.63, 3.8) is 0 Å². The van der Waals surface area contributed by atoms with Gasteiger partial charge in [-0.2, -0.15) is 4.98 Å². The number of para-hydroxylation sites is 1. The Bertz CT molecular complexity index is 749. The van der Waals surface area contributed by atoms with Crippen LogP contribution in [-0.4, -0.2) is 19.4 Å². The molecule has 0 saturated carbocycles. The minimum atomic E-state index is 0.708. The lowest BCUT2D eigenvalue weighted by atomic mass is 10.3. The van der Waals surface area contributed by atoms with Crippen molar-refractivity contribution in [3.8, 4) is 0 Å². The number of rotatable bonds is 0. The van der Waals surface area contributed by atoms with Crippen LogP contribution in [0, 0.1) is 0 Å². The van der Waals surface area contributed by atoms with Gasteiger partial charge in [0.1, 0.15) is 0 Å². The number of nitrogens with zero attached hydrogens (tertiary/aromatic N) is 4. The molecule has 4 rings (SSSR count). The molecule has 0 saturated heterocycles. The number of benzene rings is 1. The first kappa shape index (κ1) is 8.18. The monoisotopic (exact) mass is 226 g/mol. The van der Waals surface area contributed by atoms with Gasteiger partial charge < -0.3 is 0 Å². The quantitative estimate of drug-likeness (QED) is 0.462. The van der Waals surface area contributed by atoms with Crippen LogP contribution in [0.3, 0.4) is 0 Å². The summed E-state index contributed by atoms with van der Waals surface area (Å²) in [6.45, 7) is 0. The van der Waals surface area contributed by atoms with Gasteiger partial charge in [0.15, 0.2) is 16.3 Å². The summed E-state index contributed by atoms with van der Waals surface area (Å²) in [4.78, 5) is 14.0. The lowest BCUT2D eigenvalue weighted by Crippen LogP contribution is -1.84. The van der Waals surface area contributed by atoms with Crippen LogP contribution in [0.5, 0.6) is 0 Å². The maximum atomic E-state index is 4.46. The van der Waals surface area contributed by atoms with Crippen LogP contribution in [0.4, 0.5) is 0 Å². The molecular formula is C11H6N4S. The molecule has 0 aliphatic heterocycles. The van der Waals surface area contributed by atoms with Gasteiger partial charge in [-0.15, -0.1) is 0 Å². The summed E-state index contributed by atoms with van der Waals surface area (Å²) in [5.41, 5.74) is 2.68.